The average molecular weight is 265 g/mol. The normalized spacial score (nSPS) is 11.1. The molecule has 0 aromatic heterocycles. The summed E-state index contributed by atoms with van der Waals surface area (Å²) in [6.07, 6.45) is 0. The molecular weight excluding hydrogens is 260 g/mol. The van der Waals surface area contributed by atoms with Crippen molar-refractivity contribution < 1.29 is 28.2 Å². The van der Waals surface area contributed by atoms with Crippen molar-refractivity contribution in [2.45, 2.75) is 4.90 Å². The third kappa shape index (κ3) is 2.50. The van der Waals surface area contributed by atoms with Gasteiger partial charge in [-0.2, -0.15) is 0 Å². The number of hydrogen-bond donors (Lipinski definition) is 2. The van der Waals surface area contributed by atoms with E-state index in [1.54, 1.807) is 0 Å². The minimum atomic E-state index is -4.09. The zero-order valence-corrected chi connectivity index (χ0v) is 9.12. The van der Waals surface area contributed by atoms with E-state index in [4.69, 9.17) is 20.9 Å². The molecule has 0 bridgehead atoms. The zero-order valence-electron chi connectivity index (χ0n) is 7.55. The summed E-state index contributed by atoms with van der Waals surface area (Å²) < 4.78 is 21.8. The molecule has 1 aromatic carbocycles. The summed E-state index contributed by atoms with van der Waals surface area (Å²) in [4.78, 5) is 20.9. The van der Waals surface area contributed by atoms with E-state index in [9.17, 15) is 18.0 Å². The van der Waals surface area contributed by atoms with Gasteiger partial charge in [-0.25, -0.2) is 18.0 Å². The number of halogens is 1. The molecule has 86 valence electrons. The summed E-state index contributed by atoms with van der Waals surface area (Å²) in [6.45, 7) is 0. The molecule has 0 saturated heterocycles. The molecule has 0 heterocycles. The molecular formula is C8H5ClO6S. The van der Waals surface area contributed by atoms with Crippen molar-refractivity contribution in [3.8, 4) is 0 Å². The Morgan fingerprint density at radius 1 is 1.06 bits per heavy atom. The van der Waals surface area contributed by atoms with E-state index < -0.39 is 37.0 Å². The molecule has 0 saturated carbocycles. The van der Waals surface area contributed by atoms with E-state index >= 15 is 0 Å². The molecule has 2 N–H and O–H groups in total. The van der Waals surface area contributed by atoms with Gasteiger partial charge in [-0.05, 0) is 18.2 Å². The van der Waals surface area contributed by atoms with E-state index in [0.717, 1.165) is 12.1 Å². The van der Waals surface area contributed by atoms with Gasteiger partial charge >= 0.3 is 11.9 Å². The van der Waals surface area contributed by atoms with Gasteiger partial charge in [0, 0.05) is 10.7 Å². The van der Waals surface area contributed by atoms with Gasteiger partial charge in [-0.1, -0.05) is 0 Å². The monoisotopic (exact) mass is 264 g/mol. The van der Waals surface area contributed by atoms with Crippen LogP contribution in [0.3, 0.4) is 0 Å². The highest BCUT2D eigenvalue weighted by atomic mass is 35.7. The molecule has 6 nitrogen and oxygen atoms in total. The SMILES string of the molecule is O=C(O)c1ccc(S(=O)(=O)Cl)cc1C(=O)O. The fourth-order valence-electron chi connectivity index (χ4n) is 1.04. The summed E-state index contributed by atoms with van der Waals surface area (Å²) in [5.41, 5.74) is -1.13. The molecule has 0 unspecified atom stereocenters. The third-order valence-electron chi connectivity index (χ3n) is 1.73. The first-order chi connectivity index (χ1) is 7.23. The molecule has 0 aliphatic rings. The van der Waals surface area contributed by atoms with E-state index in [1.807, 2.05) is 0 Å². The number of rotatable bonds is 3. The van der Waals surface area contributed by atoms with Crippen molar-refractivity contribution in [3.63, 3.8) is 0 Å². The Morgan fingerprint density at radius 2 is 1.56 bits per heavy atom. The lowest BCUT2D eigenvalue weighted by atomic mass is 10.1. The Bertz CT molecular complexity index is 562. The lowest BCUT2D eigenvalue weighted by Crippen LogP contribution is -2.09. The zero-order chi connectivity index (χ0) is 12.5. The predicted molar refractivity (Wildman–Crippen MR) is 53.4 cm³/mol. The minimum Gasteiger partial charge on any atom is -0.478 e. The maximum Gasteiger partial charge on any atom is 0.336 e. The quantitative estimate of drug-likeness (QED) is 0.789. The lowest BCUT2D eigenvalue weighted by Gasteiger charge is -2.03. The van der Waals surface area contributed by atoms with Crippen LogP contribution >= 0.6 is 10.7 Å². The highest BCUT2D eigenvalue weighted by Gasteiger charge is 2.20. The first kappa shape index (κ1) is 12.5. The fourth-order valence-corrected chi connectivity index (χ4v) is 1.82. The van der Waals surface area contributed by atoms with Gasteiger partial charge in [0.15, 0.2) is 0 Å². The van der Waals surface area contributed by atoms with Crippen molar-refractivity contribution in [2.75, 3.05) is 0 Å². The average Bonchev–Trinajstić information content (AvgIpc) is 2.15. The summed E-state index contributed by atoms with van der Waals surface area (Å²) in [6, 6.07) is 2.51. The van der Waals surface area contributed by atoms with Gasteiger partial charge in [0.1, 0.15) is 0 Å². The van der Waals surface area contributed by atoms with Crippen LogP contribution in [0.2, 0.25) is 0 Å². The van der Waals surface area contributed by atoms with Crippen LogP contribution in [0.15, 0.2) is 23.1 Å². The molecule has 0 aliphatic heterocycles. The molecule has 16 heavy (non-hydrogen) atoms. The third-order valence-corrected chi connectivity index (χ3v) is 3.08. The summed E-state index contributed by atoms with van der Waals surface area (Å²) in [5.74, 6) is -3.00. The standard InChI is InChI=1S/C8H5ClO6S/c9-16(14,15)4-1-2-5(7(10)11)6(3-4)8(12)13/h1-3H,(H,10,11)(H,12,13). The van der Waals surface area contributed by atoms with Gasteiger partial charge in [0.05, 0.1) is 16.0 Å². The van der Waals surface area contributed by atoms with Gasteiger partial charge in [-0.15, -0.1) is 0 Å². The molecule has 0 amide bonds. The molecule has 0 fully saturated rings. The lowest BCUT2D eigenvalue weighted by molar-refractivity contribution is 0.0651. The van der Waals surface area contributed by atoms with Crippen molar-refractivity contribution in [3.05, 3.63) is 29.3 Å². The van der Waals surface area contributed by atoms with Crippen LogP contribution in [0, 0.1) is 0 Å². The number of hydrogen-bond acceptors (Lipinski definition) is 4. The highest BCUT2D eigenvalue weighted by molar-refractivity contribution is 8.13. The Balaban J connectivity index is 3.52. The maximum atomic E-state index is 10.9. The van der Waals surface area contributed by atoms with Crippen molar-refractivity contribution in [1.29, 1.82) is 0 Å². The first-order valence-corrected chi connectivity index (χ1v) is 6.09. The van der Waals surface area contributed by atoms with Crippen LogP contribution in [0.25, 0.3) is 0 Å². The maximum absolute atomic E-state index is 10.9. The van der Waals surface area contributed by atoms with Gasteiger partial charge < -0.3 is 10.2 Å². The van der Waals surface area contributed by atoms with Gasteiger partial charge in [0.25, 0.3) is 9.05 Å². The Morgan fingerprint density at radius 3 is 1.94 bits per heavy atom. The molecule has 0 atom stereocenters. The van der Waals surface area contributed by atoms with Crippen molar-refractivity contribution >= 4 is 31.7 Å². The Hall–Kier alpha value is -1.60. The van der Waals surface area contributed by atoms with E-state index in [2.05, 4.69) is 0 Å². The van der Waals surface area contributed by atoms with Crippen molar-refractivity contribution in [2.24, 2.45) is 0 Å². The molecule has 0 aliphatic carbocycles. The van der Waals surface area contributed by atoms with Gasteiger partial charge in [0.2, 0.25) is 0 Å². The fraction of sp³-hybridized carbons (Fsp3) is 0. The minimum absolute atomic E-state index is 0.462. The van der Waals surface area contributed by atoms with Crippen LogP contribution in [0.5, 0.6) is 0 Å². The molecule has 1 aromatic rings. The van der Waals surface area contributed by atoms with E-state index in [0.29, 0.717) is 6.07 Å². The van der Waals surface area contributed by atoms with E-state index in [-0.39, 0.29) is 0 Å². The Labute approximate surface area is 94.5 Å². The summed E-state index contributed by atoms with van der Waals surface area (Å²) in [7, 11) is 0.914. The van der Waals surface area contributed by atoms with Crippen LogP contribution < -0.4 is 0 Å². The smallest absolute Gasteiger partial charge is 0.336 e. The topological polar surface area (TPSA) is 109 Å². The Kier molecular flexibility index (Phi) is 3.20. The molecule has 0 radical (unpaired) electrons. The second-order valence-corrected chi connectivity index (χ2v) is 5.32. The summed E-state index contributed by atoms with van der Waals surface area (Å²) in [5, 5.41) is 17.4. The number of benzene rings is 1. The van der Waals surface area contributed by atoms with E-state index in [1.165, 1.54) is 0 Å². The molecule has 1 rings (SSSR count). The number of carboxylic acid groups (broad SMARTS) is 2. The molecule has 8 heteroatoms. The van der Waals surface area contributed by atoms with Gasteiger partial charge in [-0.3, -0.25) is 0 Å². The largest absolute Gasteiger partial charge is 0.478 e. The van der Waals surface area contributed by atoms with Crippen LogP contribution in [0.1, 0.15) is 20.7 Å². The second kappa shape index (κ2) is 4.11. The summed E-state index contributed by atoms with van der Waals surface area (Å²) >= 11 is 0. The second-order valence-electron chi connectivity index (χ2n) is 2.76. The number of aromatic carboxylic acids is 2. The highest BCUT2D eigenvalue weighted by Crippen LogP contribution is 2.19. The van der Waals surface area contributed by atoms with Crippen LogP contribution in [0.4, 0.5) is 0 Å². The van der Waals surface area contributed by atoms with Crippen LogP contribution in [-0.2, 0) is 9.05 Å². The first-order valence-electron chi connectivity index (χ1n) is 3.79. The molecule has 0 spiro atoms. The van der Waals surface area contributed by atoms with Crippen molar-refractivity contribution in [1.82, 2.24) is 0 Å². The number of carbonyl (C=O) groups is 2. The number of carboxylic acids is 2. The predicted octanol–water partition coefficient (Wildman–Crippen LogP) is 1.01. The van der Waals surface area contributed by atoms with Crippen LogP contribution in [-0.4, -0.2) is 30.6 Å².